The lowest BCUT2D eigenvalue weighted by atomic mass is 9.92. The fraction of sp³-hybridized carbons (Fsp3) is 0.917. The molecular formula is C12H24N2O. The Kier molecular flexibility index (Phi) is 4.14. The Morgan fingerprint density at radius 2 is 2.00 bits per heavy atom. The van der Waals surface area contributed by atoms with Gasteiger partial charge in [-0.15, -0.1) is 0 Å². The van der Waals surface area contributed by atoms with E-state index in [0.29, 0.717) is 17.9 Å². The first kappa shape index (κ1) is 12.5. The van der Waals surface area contributed by atoms with Crippen LogP contribution in [-0.4, -0.2) is 48.9 Å². The first-order chi connectivity index (χ1) is 6.93. The van der Waals surface area contributed by atoms with Crippen LogP contribution in [0, 0.1) is 11.8 Å². The van der Waals surface area contributed by atoms with Gasteiger partial charge < -0.3 is 9.80 Å². The van der Waals surface area contributed by atoms with Crippen molar-refractivity contribution >= 4 is 5.91 Å². The van der Waals surface area contributed by atoms with Crippen LogP contribution in [-0.2, 0) is 4.79 Å². The molecule has 2 unspecified atom stereocenters. The molecule has 0 bridgehead atoms. The van der Waals surface area contributed by atoms with E-state index in [9.17, 15) is 4.79 Å². The Balaban J connectivity index is 2.54. The van der Waals surface area contributed by atoms with Gasteiger partial charge in [0, 0.05) is 25.0 Å². The summed E-state index contributed by atoms with van der Waals surface area (Å²) in [6.45, 7) is 8.03. The van der Waals surface area contributed by atoms with Crippen LogP contribution in [0.1, 0.15) is 27.2 Å². The third kappa shape index (κ3) is 2.94. The van der Waals surface area contributed by atoms with Gasteiger partial charge in [0.1, 0.15) is 0 Å². The van der Waals surface area contributed by atoms with Crippen molar-refractivity contribution in [2.24, 2.45) is 11.8 Å². The molecule has 1 saturated heterocycles. The van der Waals surface area contributed by atoms with Crippen LogP contribution in [0.4, 0.5) is 0 Å². The molecule has 1 rings (SSSR count). The van der Waals surface area contributed by atoms with Gasteiger partial charge in [-0.1, -0.05) is 20.8 Å². The Hall–Kier alpha value is -0.570. The molecule has 0 saturated carbocycles. The summed E-state index contributed by atoms with van der Waals surface area (Å²) in [6, 6.07) is 0.626. The van der Waals surface area contributed by atoms with E-state index in [1.54, 1.807) is 0 Å². The predicted molar refractivity (Wildman–Crippen MR) is 62.7 cm³/mol. The third-order valence-electron chi connectivity index (χ3n) is 3.33. The maximum atomic E-state index is 11.8. The van der Waals surface area contributed by atoms with Crippen molar-refractivity contribution < 1.29 is 4.79 Å². The van der Waals surface area contributed by atoms with E-state index >= 15 is 0 Å². The first-order valence-electron chi connectivity index (χ1n) is 5.88. The summed E-state index contributed by atoms with van der Waals surface area (Å²) >= 11 is 0. The lowest BCUT2D eigenvalue weighted by Crippen LogP contribution is -2.50. The Bertz CT molecular complexity index is 226. The van der Waals surface area contributed by atoms with Gasteiger partial charge in [-0.05, 0) is 26.4 Å². The number of rotatable bonds is 2. The van der Waals surface area contributed by atoms with Crippen LogP contribution in [0.3, 0.4) is 0 Å². The fourth-order valence-corrected chi connectivity index (χ4v) is 2.47. The van der Waals surface area contributed by atoms with Crippen molar-refractivity contribution in [1.29, 1.82) is 0 Å². The molecule has 2 atom stereocenters. The highest BCUT2D eigenvalue weighted by atomic mass is 16.2. The van der Waals surface area contributed by atoms with Crippen LogP contribution < -0.4 is 0 Å². The Morgan fingerprint density at radius 1 is 1.40 bits per heavy atom. The second kappa shape index (κ2) is 4.97. The minimum atomic E-state index is 0.133. The van der Waals surface area contributed by atoms with Crippen molar-refractivity contribution in [3.63, 3.8) is 0 Å². The molecule has 1 aliphatic rings. The number of hydrogen-bond donors (Lipinski definition) is 0. The molecule has 1 fully saturated rings. The maximum absolute atomic E-state index is 11.8. The molecule has 1 heterocycles. The Morgan fingerprint density at radius 3 is 2.40 bits per heavy atom. The van der Waals surface area contributed by atoms with Crippen LogP contribution in [0.15, 0.2) is 0 Å². The summed E-state index contributed by atoms with van der Waals surface area (Å²) in [5, 5.41) is 0. The predicted octanol–water partition coefficient (Wildman–Crippen LogP) is 1.44. The monoisotopic (exact) mass is 212 g/mol. The zero-order chi connectivity index (χ0) is 11.6. The minimum Gasteiger partial charge on any atom is -0.342 e. The van der Waals surface area contributed by atoms with E-state index in [2.05, 4.69) is 25.9 Å². The second-order valence-electron chi connectivity index (χ2n) is 5.24. The van der Waals surface area contributed by atoms with Gasteiger partial charge in [0.25, 0.3) is 0 Å². The van der Waals surface area contributed by atoms with Crippen molar-refractivity contribution in [3.8, 4) is 0 Å². The molecule has 0 N–H and O–H groups in total. The van der Waals surface area contributed by atoms with E-state index < -0.39 is 0 Å². The Labute approximate surface area is 93.4 Å². The van der Waals surface area contributed by atoms with Gasteiger partial charge in [0.2, 0.25) is 5.91 Å². The van der Waals surface area contributed by atoms with Crippen molar-refractivity contribution in [2.45, 2.75) is 33.2 Å². The zero-order valence-electron chi connectivity index (χ0n) is 10.7. The normalized spacial score (nSPS) is 27.5. The molecule has 0 aromatic rings. The second-order valence-corrected chi connectivity index (χ2v) is 5.24. The molecule has 1 aliphatic heterocycles. The maximum Gasteiger partial charge on any atom is 0.225 e. The molecule has 0 spiro atoms. The molecule has 0 aromatic carbocycles. The highest BCUT2D eigenvalue weighted by molar-refractivity contribution is 5.78. The number of nitrogens with zero attached hydrogens (tertiary/aromatic N) is 2. The summed E-state index contributed by atoms with van der Waals surface area (Å²) in [7, 11) is 4.25. The van der Waals surface area contributed by atoms with Gasteiger partial charge in [-0.25, -0.2) is 0 Å². The molecule has 0 radical (unpaired) electrons. The highest BCUT2D eigenvalue weighted by Crippen LogP contribution is 2.21. The summed E-state index contributed by atoms with van der Waals surface area (Å²) in [6.07, 6.45) is 1.10. The highest BCUT2D eigenvalue weighted by Gasteiger charge is 2.30. The molecular weight excluding hydrogens is 188 g/mol. The lowest BCUT2D eigenvalue weighted by molar-refractivity contribution is -0.137. The third-order valence-corrected chi connectivity index (χ3v) is 3.33. The molecule has 15 heavy (non-hydrogen) atoms. The lowest BCUT2D eigenvalue weighted by Gasteiger charge is -2.40. The summed E-state index contributed by atoms with van der Waals surface area (Å²) < 4.78 is 0. The molecule has 0 aromatic heterocycles. The topological polar surface area (TPSA) is 23.6 Å². The SMILES string of the molecule is CC(C)C(=O)N1CCC(N(C)C)C(C)C1. The van der Waals surface area contributed by atoms with Gasteiger partial charge in [0.15, 0.2) is 0 Å². The largest absolute Gasteiger partial charge is 0.342 e. The van der Waals surface area contributed by atoms with E-state index in [1.807, 2.05) is 18.7 Å². The number of hydrogen-bond acceptors (Lipinski definition) is 2. The standard InChI is InChI=1S/C12H24N2O/c1-9(2)12(15)14-7-6-11(13(4)5)10(3)8-14/h9-11H,6-8H2,1-5H3. The number of likely N-dealkylation sites (tertiary alicyclic amines) is 1. The molecule has 3 heteroatoms. The molecule has 1 amide bonds. The summed E-state index contributed by atoms with van der Waals surface area (Å²) in [5.74, 6) is 1.02. The zero-order valence-corrected chi connectivity index (χ0v) is 10.7. The molecule has 3 nitrogen and oxygen atoms in total. The minimum absolute atomic E-state index is 0.133. The van der Waals surface area contributed by atoms with E-state index in [-0.39, 0.29) is 5.92 Å². The van der Waals surface area contributed by atoms with Gasteiger partial charge in [-0.3, -0.25) is 4.79 Å². The van der Waals surface area contributed by atoms with E-state index in [0.717, 1.165) is 19.5 Å². The number of piperidine rings is 1. The van der Waals surface area contributed by atoms with Crippen molar-refractivity contribution in [3.05, 3.63) is 0 Å². The van der Waals surface area contributed by atoms with Crippen LogP contribution >= 0.6 is 0 Å². The summed E-state index contributed by atoms with van der Waals surface area (Å²) in [4.78, 5) is 16.1. The number of carbonyl (C=O) groups excluding carboxylic acids is 1. The average molecular weight is 212 g/mol. The fourth-order valence-electron chi connectivity index (χ4n) is 2.47. The van der Waals surface area contributed by atoms with Crippen molar-refractivity contribution in [2.75, 3.05) is 27.2 Å². The van der Waals surface area contributed by atoms with E-state index in [1.165, 1.54) is 0 Å². The van der Waals surface area contributed by atoms with Crippen LogP contribution in [0.5, 0.6) is 0 Å². The molecule has 88 valence electrons. The first-order valence-corrected chi connectivity index (χ1v) is 5.88. The number of amides is 1. The van der Waals surface area contributed by atoms with Crippen molar-refractivity contribution in [1.82, 2.24) is 9.80 Å². The smallest absolute Gasteiger partial charge is 0.225 e. The van der Waals surface area contributed by atoms with E-state index in [4.69, 9.17) is 0 Å². The summed E-state index contributed by atoms with van der Waals surface area (Å²) in [5.41, 5.74) is 0. The quantitative estimate of drug-likeness (QED) is 0.691. The van der Waals surface area contributed by atoms with Crippen LogP contribution in [0.25, 0.3) is 0 Å². The van der Waals surface area contributed by atoms with Gasteiger partial charge >= 0.3 is 0 Å². The van der Waals surface area contributed by atoms with Gasteiger partial charge in [0.05, 0.1) is 0 Å². The average Bonchev–Trinajstić information content (AvgIpc) is 2.15. The van der Waals surface area contributed by atoms with Gasteiger partial charge in [-0.2, -0.15) is 0 Å². The molecule has 0 aliphatic carbocycles. The van der Waals surface area contributed by atoms with Crippen LogP contribution in [0.2, 0.25) is 0 Å². The number of carbonyl (C=O) groups is 1.